The first-order chi connectivity index (χ1) is 14.0. The molecular formula is C21H23F2N5O. The number of hydrogen-bond acceptors (Lipinski definition) is 5. The lowest BCUT2D eigenvalue weighted by Crippen LogP contribution is -2.39. The summed E-state index contributed by atoms with van der Waals surface area (Å²) in [6.45, 7) is 0.883. The van der Waals surface area contributed by atoms with Crippen molar-refractivity contribution in [2.24, 2.45) is 13.0 Å². The van der Waals surface area contributed by atoms with Gasteiger partial charge in [0.2, 0.25) is 0 Å². The second-order valence-electron chi connectivity index (χ2n) is 7.60. The molecule has 152 valence electrons. The van der Waals surface area contributed by atoms with Crippen LogP contribution in [0, 0.1) is 5.92 Å². The molecule has 8 heteroatoms. The van der Waals surface area contributed by atoms with Gasteiger partial charge in [-0.25, -0.2) is 8.78 Å². The van der Waals surface area contributed by atoms with Gasteiger partial charge in [0.15, 0.2) is 0 Å². The van der Waals surface area contributed by atoms with Gasteiger partial charge in [-0.3, -0.25) is 24.3 Å². The summed E-state index contributed by atoms with van der Waals surface area (Å²) in [5, 5.41) is 5.12. The normalized spacial score (nSPS) is 16.0. The first-order valence-electron chi connectivity index (χ1n) is 9.75. The van der Waals surface area contributed by atoms with Gasteiger partial charge in [-0.1, -0.05) is 0 Å². The number of aromatic nitrogens is 4. The van der Waals surface area contributed by atoms with E-state index in [2.05, 4.69) is 15.1 Å². The van der Waals surface area contributed by atoms with Gasteiger partial charge in [0.1, 0.15) is 5.78 Å². The Morgan fingerprint density at radius 3 is 2.62 bits per heavy atom. The topological polar surface area (TPSA) is 63.9 Å². The van der Waals surface area contributed by atoms with Crippen LogP contribution in [-0.4, -0.2) is 56.5 Å². The molecule has 0 spiro atoms. The molecular weight excluding hydrogens is 376 g/mol. The summed E-state index contributed by atoms with van der Waals surface area (Å²) in [6, 6.07) is 3.93. The van der Waals surface area contributed by atoms with Gasteiger partial charge in [0.25, 0.3) is 6.43 Å². The number of Topliss-reactive ketones (excluding diaryl/α,β-unsaturated/α-hetero) is 1. The zero-order valence-electron chi connectivity index (χ0n) is 16.3. The summed E-state index contributed by atoms with van der Waals surface area (Å²) >= 11 is 0. The highest BCUT2D eigenvalue weighted by Gasteiger charge is 2.26. The highest BCUT2D eigenvalue weighted by atomic mass is 19.3. The number of aryl methyl sites for hydroxylation is 1. The molecule has 0 unspecified atom stereocenters. The summed E-state index contributed by atoms with van der Waals surface area (Å²) in [6.07, 6.45) is 6.39. The van der Waals surface area contributed by atoms with Crippen LogP contribution >= 0.6 is 0 Å². The molecule has 0 atom stereocenters. The van der Waals surface area contributed by atoms with Gasteiger partial charge in [-0.05, 0) is 38.1 Å². The van der Waals surface area contributed by atoms with Crippen LogP contribution in [0.25, 0.3) is 22.0 Å². The lowest BCUT2D eigenvalue weighted by molar-refractivity contribution is -0.123. The van der Waals surface area contributed by atoms with Crippen LogP contribution in [0.2, 0.25) is 0 Å². The van der Waals surface area contributed by atoms with Crippen LogP contribution in [0.4, 0.5) is 8.78 Å². The second-order valence-corrected chi connectivity index (χ2v) is 7.60. The van der Waals surface area contributed by atoms with E-state index < -0.39 is 6.43 Å². The average Bonchev–Trinajstić information content (AvgIpc) is 3.14. The van der Waals surface area contributed by atoms with Gasteiger partial charge in [-0.15, -0.1) is 0 Å². The molecule has 4 rings (SSSR count). The van der Waals surface area contributed by atoms with Crippen LogP contribution in [-0.2, 0) is 18.3 Å². The number of hydrogen-bond donors (Lipinski definition) is 0. The summed E-state index contributed by atoms with van der Waals surface area (Å²) in [7, 11) is 1.86. The Morgan fingerprint density at radius 2 is 1.93 bits per heavy atom. The molecule has 29 heavy (non-hydrogen) atoms. The molecule has 0 aliphatic carbocycles. The lowest BCUT2D eigenvalue weighted by Gasteiger charge is -2.30. The van der Waals surface area contributed by atoms with Crippen molar-refractivity contribution in [3.05, 3.63) is 42.6 Å². The van der Waals surface area contributed by atoms with Gasteiger partial charge in [0, 0.05) is 54.0 Å². The number of pyridine rings is 2. The number of rotatable bonds is 6. The Hall–Kier alpha value is -2.74. The molecule has 0 N–H and O–H groups in total. The lowest BCUT2D eigenvalue weighted by atomic mass is 9.90. The van der Waals surface area contributed by atoms with Gasteiger partial charge in [0.05, 0.1) is 24.5 Å². The fraction of sp³-hybridized carbons (Fsp3) is 0.429. The van der Waals surface area contributed by atoms with E-state index >= 15 is 0 Å². The Kier molecular flexibility index (Phi) is 5.62. The summed E-state index contributed by atoms with van der Waals surface area (Å²) < 4.78 is 26.7. The van der Waals surface area contributed by atoms with Crippen LogP contribution < -0.4 is 0 Å². The van der Waals surface area contributed by atoms with Gasteiger partial charge >= 0.3 is 0 Å². The van der Waals surface area contributed by atoms with Crippen molar-refractivity contribution < 1.29 is 13.6 Å². The van der Waals surface area contributed by atoms with Crippen LogP contribution in [0.3, 0.4) is 0 Å². The molecule has 0 amide bonds. The van der Waals surface area contributed by atoms with Crippen molar-refractivity contribution in [1.82, 2.24) is 24.6 Å². The van der Waals surface area contributed by atoms with E-state index in [4.69, 9.17) is 0 Å². The Labute approximate surface area is 167 Å². The highest BCUT2D eigenvalue weighted by molar-refractivity contribution is 5.86. The van der Waals surface area contributed by atoms with Crippen molar-refractivity contribution in [3.8, 4) is 11.1 Å². The number of nitrogens with zero attached hydrogens (tertiary/aromatic N) is 5. The van der Waals surface area contributed by atoms with Crippen LogP contribution in [0.5, 0.6) is 0 Å². The third-order valence-corrected chi connectivity index (χ3v) is 5.46. The Balaban J connectivity index is 1.44. The minimum absolute atomic E-state index is 0.0822. The molecule has 0 radical (unpaired) electrons. The highest BCUT2D eigenvalue weighted by Crippen LogP contribution is 2.24. The number of halogens is 2. The third kappa shape index (κ3) is 4.64. The number of carbonyl (C=O) groups excluding carboxylic acids is 1. The first-order valence-corrected chi connectivity index (χ1v) is 9.75. The smallest absolute Gasteiger partial charge is 0.251 e. The summed E-state index contributed by atoms with van der Waals surface area (Å²) in [5.41, 5.74) is 3.42. The predicted octanol–water partition coefficient (Wildman–Crippen LogP) is 3.12. The van der Waals surface area contributed by atoms with Crippen molar-refractivity contribution in [3.63, 3.8) is 0 Å². The molecule has 1 saturated heterocycles. The van der Waals surface area contributed by atoms with E-state index in [0.29, 0.717) is 31.6 Å². The molecule has 0 saturated carbocycles. The van der Waals surface area contributed by atoms with E-state index in [9.17, 15) is 13.6 Å². The largest absolute Gasteiger partial charge is 0.299 e. The van der Waals surface area contributed by atoms with Crippen molar-refractivity contribution in [2.45, 2.75) is 25.7 Å². The Bertz CT molecular complexity index is 1010. The number of carbonyl (C=O) groups is 1. The number of fused-ring (bicyclic) bond motifs is 1. The predicted molar refractivity (Wildman–Crippen MR) is 106 cm³/mol. The summed E-state index contributed by atoms with van der Waals surface area (Å²) in [4.78, 5) is 23.3. The van der Waals surface area contributed by atoms with Crippen LogP contribution in [0.1, 0.15) is 18.5 Å². The van der Waals surface area contributed by atoms with Crippen LogP contribution in [0.15, 0.2) is 36.9 Å². The zero-order chi connectivity index (χ0) is 20.4. The van der Waals surface area contributed by atoms with E-state index in [1.807, 2.05) is 25.4 Å². The summed E-state index contributed by atoms with van der Waals surface area (Å²) in [5.74, 6) is 0.0474. The maximum absolute atomic E-state index is 12.7. The maximum Gasteiger partial charge on any atom is 0.251 e. The molecule has 3 aromatic heterocycles. The molecule has 0 bridgehead atoms. The molecule has 1 fully saturated rings. The number of piperidine rings is 1. The SMILES string of the molecule is Cn1cc(-c2cnc3cnc(CC(=O)C4CCN(CC(F)F)CC4)cc3c2)cn1. The minimum atomic E-state index is -2.32. The standard InChI is InChI=1S/C21H23F2N5O/c1-27-12-17(10-26-27)16-6-15-7-18(24-11-19(15)25-9-16)8-20(29)14-2-4-28(5-3-14)13-21(22)23/h6-7,9-12,14,21H,2-5,8,13H2,1H3. The van der Waals surface area contributed by atoms with E-state index in [1.165, 1.54) is 0 Å². The molecule has 0 aromatic carbocycles. The molecule has 6 nitrogen and oxygen atoms in total. The van der Waals surface area contributed by atoms with Crippen molar-refractivity contribution in [1.29, 1.82) is 0 Å². The fourth-order valence-electron chi connectivity index (χ4n) is 3.86. The Morgan fingerprint density at radius 1 is 1.14 bits per heavy atom. The van der Waals surface area contributed by atoms with Gasteiger partial charge < -0.3 is 0 Å². The van der Waals surface area contributed by atoms with Crippen molar-refractivity contribution in [2.75, 3.05) is 19.6 Å². The molecule has 1 aliphatic rings. The maximum atomic E-state index is 12.7. The van der Waals surface area contributed by atoms with Crippen molar-refractivity contribution >= 4 is 16.7 Å². The quantitative estimate of drug-likeness (QED) is 0.637. The fourth-order valence-corrected chi connectivity index (χ4v) is 3.86. The number of alkyl halides is 2. The average molecular weight is 399 g/mol. The minimum Gasteiger partial charge on any atom is -0.299 e. The first kappa shape index (κ1) is 19.6. The second kappa shape index (κ2) is 8.32. The van der Waals surface area contributed by atoms with E-state index in [-0.39, 0.29) is 24.7 Å². The third-order valence-electron chi connectivity index (χ3n) is 5.46. The monoisotopic (exact) mass is 399 g/mol. The number of ketones is 1. The molecule has 4 heterocycles. The van der Waals surface area contributed by atoms with Gasteiger partial charge in [-0.2, -0.15) is 5.10 Å². The zero-order valence-corrected chi connectivity index (χ0v) is 16.3. The van der Waals surface area contributed by atoms with E-state index in [0.717, 1.165) is 22.0 Å². The van der Waals surface area contributed by atoms with E-state index in [1.54, 1.807) is 28.2 Å². The molecule has 1 aliphatic heterocycles. The number of likely N-dealkylation sites (tertiary alicyclic amines) is 1. The molecule has 3 aromatic rings.